The zero-order chi connectivity index (χ0) is 20.8. The first-order valence-electron chi connectivity index (χ1n) is 9.52. The number of ether oxygens (including phenoxy) is 3. The van der Waals surface area contributed by atoms with Gasteiger partial charge in [-0.3, -0.25) is 24.8 Å². The van der Waals surface area contributed by atoms with Gasteiger partial charge in [-0.05, 0) is 37.0 Å². The van der Waals surface area contributed by atoms with Gasteiger partial charge in [0.25, 0.3) is 0 Å². The molecule has 1 N–H and O–H groups in total. The van der Waals surface area contributed by atoms with E-state index in [1.807, 2.05) is 6.07 Å². The molecule has 9 nitrogen and oxygen atoms in total. The maximum Gasteiger partial charge on any atom is 0.330 e. The number of imide groups is 2. The molecule has 0 unspecified atom stereocenters. The number of urea groups is 1. The minimum absolute atomic E-state index is 0.0239. The van der Waals surface area contributed by atoms with Crippen LogP contribution < -0.4 is 14.8 Å². The van der Waals surface area contributed by atoms with Crippen LogP contribution in [0.1, 0.15) is 18.4 Å². The zero-order valence-corrected chi connectivity index (χ0v) is 16.6. The number of amides is 4. The molecule has 0 aromatic heterocycles. The van der Waals surface area contributed by atoms with Gasteiger partial charge in [-0.1, -0.05) is 6.07 Å². The Bertz CT molecular complexity index is 803. The van der Waals surface area contributed by atoms with E-state index in [-0.39, 0.29) is 12.6 Å². The highest BCUT2D eigenvalue weighted by atomic mass is 16.5. The van der Waals surface area contributed by atoms with Crippen LogP contribution in [0, 0.1) is 5.92 Å². The molecule has 0 aliphatic carbocycles. The average molecular weight is 403 g/mol. The lowest BCUT2D eigenvalue weighted by atomic mass is 10.1. The molecule has 0 spiro atoms. The van der Waals surface area contributed by atoms with E-state index in [0.29, 0.717) is 31.1 Å². The molecule has 9 heteroatoms. The Balaban J connectivity index is 1.63. The molecule has 2 heterocycles. The summed E-state index contributed by atoms with van der Waals surface area (Å²) in [5.41, 5.74) is 0.865. The van der Waals surface area contributed by atoms with E-state index < -0.39 is 23.8 Å². The fourth-order valence-electron chi connectivity index (χ4n) is 3.32. The van der Waals surface area contributed by atoms with Crippen LogP contribution in [0.2, 0.25) is 0 Å². The molecule has 1 aromatic carbocycles. The number of aliphatic imine (C=N–C) groups is 1. The lowest BCUT2D eigenvalue weighted by molar-refractivity contribution is -0.139. The SMILES string of the molecule is COc1ccc(CCN2C(=O)NC(=O)[C@@H](C=NC[C@@H]3CCCO3)C2=O)cc1OC. The summed E-state index contributed by atoms with van der Waals surface area (Å²) >= 11 is 0. The van der Waals surface area contributed by atoms with E-state index in [9.17, 15) is 14.4 Å². The standard InChI is InChI=1S/C20H25N3O6/c1-27-16-6-5-13(10-17(16)28-2)7-8-23-19(25)15(18(24)22-20(23)26)12-21-11-14-4-3-9-29-14/h5-6,10,12,14-15H,3-4,7-9,11H2,1-2H3,(H,22,24,26)/t14-,15+/m0/s1. The summed E-state index contributed by atoms with van der Waals surface area (Å²) in [5.74, 6) is -1.18. The van der Waals surface area contributed by atoms with Gasteiger partial charge in [-0.2, -0.15) is 0 Å². The van der Waals surface area contributed by atoms with Gasteiger partial charge in [0.15, 0.2) is 17.4 Å². The fraction of sp³-hybridized carbons (Fsp3) is 0.500. The molecule has 29 heavy (non-hydrogen) atoms. The summed E-state index contributed by atoms with van der Waals surface area (Å²) in [5, 5.41) is 2.23. The third-order valence-electron chi connectivity index (χ3n) is 4.95. The Labute approximate surface area is 169 Å². The number of benzene rings is 1. The van der Waals surface area contributed by atoms with Crippen molar-refractivity contribution in [2.75, 3.05) is 33.9 Å². The summed E-state index contributed by atoms with van der Waals surface area (Å²) in [6, 6.07) is 4.66. The third kappa shape index (κ3) is 4.92. The van der Waals surface area contributed by atoms with Crippen molar-refractivity contribution in [1.82, 2.24) is 10.2 Å². The van der Waals surface area contributed by atoms with E-state index in [1.165, 1.54) is 13.3 Å². The topological polar surface area (TPSA) is 107 Å². The van der Waals surface area contributed by atoms with Crippen LogP contribution in [-0.2, 0) is 20.7 Å². The molecular weight excluding hydrogens is 378 g/mol. The normalized spacial score (nSPS) is 22.3. The Hall–Kier alpha value is -2.94. The van der Waals surface area contributed by atoms with Gasteiger partial charge in [0.1, 0.15) is 0 Å². The highest BCUT2D eigenvalue weighted by Crippen LogP contribution is 2.27. The monoisotopic (exact) mass is 403 g/mol. The van der Waals surface area contributed by atoms with E-state index in [4.69, 9.17) is 14.2 Å². The van der Waals surface area contributed by atoms with E-state index >= 15 is 0 Å². The van der Waals surface area contributed by atoms with Gasteiger partial charge < -0.3 is 14.2 Å². The Kier molecular flexibility index (Phi) is 6.82. The highest BCUT2D eigenvalue weighted by Gasteiger charge is 2.39. The molecule has 2 fully saturated rings. The lowest BCUT2D eigenvalue weighted by Gasteiger charge is -2.28. The third-order valence-corrected chi connectivity index (χ3v) is 4.95. The van der Waals surface area contributed by atoms with Crippen molar-refractivity contribution in [3.8, 4) is 11.5 Å². The van der Waals surface area contributed by atoms with Crippen molar-refractivity contribution in [3.63, 3.8) is 0 Å². The largest absolute Gasteiger partial charge is 0.493 e. The van der Waals surface area contributed by atoms with E-state index in [2.05, 4.69) is 10.3 Å². The predicted molar refractivity (Wildman–Crippen MR) is 104 cm³/mol. The van der Waals surface area contributed by atoms with Gasteiger partial charge in [0, 0.05) is 19.4 Å². The van der Waals surface area contributed by atoms with Gasteiger partial charge in [-0.15, -0.1) is 0 Å². The summed E-state index contributed by atoms with van der Waals surface area (Å²) in [6.45, 7) is 1.24. The van der Waals surface area contributed by atoms with Crippen LogP contribution in [-0.4, -0.2) is 69.0 Å². The second kappa shape index (κ2) is 9.51. The highest BCUT2D eigenvalue weighted by molar-refractivity contribution is 6.23. The molecule has 2 atom stereocenters. The number of methoxy groups -OCH3 is 2. The average Bonchev–Trinajstić information content (AvgIpc) is 3.23. The quantitative estimate of drug-likeness (QED) is 0.516. The number of hydrogen-bond acceptors (Lipinski definition) is 7. The fourth-order valence-corrected chi connectivity index (χ4v) is 3.32. The molecule has 4 amide bonds. The van der Waals surface area contributed by atoms with Crippen molar-refractivity contribution in [2.45, 2.75) is 25.4 Å². The van der Waals surface area contributed by atoms with Gasteiger partial charge >= 0.3 is 6.03 Å². The summed E-state index contributed by atoms with van der Waals surface area (Å²) in [7, 11) is 3.08. The number of nitrogens with zero attached hydrogens (tertiary/aromatic N) is 2. The second-order valence-electron chi connectivity index (χ2n) is 6.85. The maximum atomic E-state index is 12.7. The van der Waals surface area contributed by atoms with Crippen molar-refractivity contribution < 1.29 is 28.6 Å². The molecule has 0 saturated carbocycles. The molecule has 156 valence electrons. The second-order valence-corrected chi connectivity index (χ2v) is 6.85. The first-order chi connectivity index (χ1) is 14.0. The van der Waals surface area contributed by atoms with Crippen LogP contribution in [0.15, 0.2) is 23.2 Å². The van der Waals surface area contributed by atoms with Crippen molar-refractivity contribution in [3.05, 3.63) is 23.8 Å². The van der Waals surface area contributed by atoms with Gasteiger partial charge in [-0.25, -0.2) is 4.79 Å². The molecule has 1 aromatic rings. The number of rotatable bonds is 8. The predicted octanol–water partition coefficient (Wildman–Crippen LogP) is 1.19. The maximum absolute atomic E-state index is 12.7. The minimum Gasteiger partial charge on any atom is -0.493 e. The molecule has 2 aliphatic heterocycles. The van der Waals surface area contributed by atoms with E-state index in [1.54, 1.807) is 19.2 Å². The molecular formula is C20H25N3O6. The number of barbiturate groups is 1. The number of nitrogens with one attached hydrogen (secondary N) is 1. The van der Waals surface area contributed by atoms with Crippen molar-refractivity contribution >= 4 is 24.1 Å². The summed E-state index contributed by atoms with van der Waals surface area (Å²) in [4.78, 5) is 42.2. The molecule has 0 bridgehead atoms. The molecule has 3 rings (SSSR count). The number of hydrogen-bond donors (Lipinski definition) is 1. The van der Waals surface area contributed by atoms with Crippen LogP contribution in [0.25, 0.3) is 0 Å². The van der Waals surface area contributed by atoms with Crippen molar-refractivity contribution in [1.29, 1.82) is 0 Å². The lowest BCUT2D eigenvalue weighted by Crippen LogP contribution is -2.58. The van der Waals surface area contributed by atoms with E-state index in [0.717, 1.165) is 23.3 Å². The van der Waals surface area contributed by atoms with Crippen LogP contribution >= 0.6 is 0 Å². The van der Waals surface area contributed by atoms with Gasteiger partial charge in [0.2, 0.25) is 11.8 Å². The Morgan fingerprint density at radius 3 is 2.72 bits per heavy atom. The van der Waals surface area contributed by atoms with Gasteiger partial charge in [0.05, 0.1) is 26.9 Å². The Morgan fingerprint density at radius 2 is 2.03 bits per heavy atom. The molecule has 0 radical (unpaired) electrons. The van der Waals surface area contributed by atoms with Crippen molar-refractivity contribution in [2.24, 2.45) is 10.9 Å². The minimum atomic E-state index is -1.11. The summed E-state index contributed by atoms with van der Waals surface area (Å²) < 4.78 is 16.0. The number of carbonyl (C=O) groups excluding carboxylic acids is 3. The summed E-state index contributed by atoms with van der Waals surface area (Å²) in [6.07, 6.45) is 3.65. The molecule has 2 saturated heterocycles. The first-order valence-corrected chi connectivity index (χ1v) is 9.52. The van der Waals surface area contributed by atoms with Crippen LogP contribution in [0.3, 0.4) is 0 Å². The first kappa shape index (κ1) is 20.8. The van der Waals surface area contributed by atoms with Crippen LogP contribution in [0.5, 0.6) is 11.5 Å². The molecule has 2 aliphatic rings. The van der Waals surface area contributed by atoms with Crippen LogP contribution in [0.4, 0.5) is 4.79 Å². The zero-order valence-electron chi connectivity index (χ0n) is 16.6. The number of carbonyl (C=O) groups is 3. The Morgan fingerprint density at radius 1 is 1.24 bits per heavy atom. The smallest absolute Gasteiger partial charge is 0.330 e.